The van der Waals surface area contributed by atoms with Crippen molar-refractivity contribution in [3.05, 3.63) is 71.8 Å². The zero-order valence-corrected chi connectivity index (χ0v) is 16.9. The number of rotatable bonds is 0. The van der Waals surface area contributed by atoms with E-state index in [2.05, 4.69) is 84.3 Å². The first-order valence-corrected chi connectivity index (χ1v) is 10.7. The first-order chi connectivity index (χ1) is 13.3. The van der Waals surface area contributed by atoms with Crippen molar-refractivity contribution in [2.75, 3.05) is 0 Å². The molecule has 0 N–H and O–H groups in total. The Balaban J connectivity index is 1.86. The van der Waals surface area contributed by atoms with Gasteiger partial charge in [0.2, 0.25) is 0 Å². The van der Waals surface area contributed by atoms with E-state index in [9.17, 15) is 0 Å². The Bertz CT molecular complexity index is 1380. The summed E-state index contributed by atoms with van der Waals surface area (Å²) in [4.78, 5) is 0. The SMILES string of the molecule is CC#Cc1ccc2c(ccc3c4ccc5cc(C#CC)ccc5c4[se]c23)c1. The molecule has 5 aromatic rings. The Morgan fingerprint density at radius 3 is 1.44 bits per heavy atom. The number of fused-ring (bicyclic) bond motifs is 7. The van der Waals surface area contributed by atoms with Gasteiger partial charge in [-0.1, -0.05) is 0 Å². The predicted molar refractivity (Wildman–Crippen MR) is 119 cm³/mol. The van der Waals surface area contributed by atoms with Crippen LogP contribution >= 0.6 is 0 Å². The van der Waals surface area contributed by atoms with Gasteiger partial charge in [0.25, 0.3) is 0 Å². The van der Waals surface area contributed by atoms with Gasteiger partial charge >= 0.3 is 165 Å². The van der Waals surface area contributed by atoms with Gasteiger partial charge in [0, 0.05) is 0 Å². The Morgan fingerprint density at radius 1 is 0.556 bits per heavy atom. The summed E-state index contributed by atoms with van der Waals surface area (Å²) < 4.78 is 2.99. The normalized spacial score (nSPS) is 10.7. The van der Waals surface area contributed by atoms with Crippen molar-refractivity contribution in [3.8, 4) is 23.7 Å². The van der Waals surface area contributed by atoms with E-state index in [1.54, 1.807) is 0 Å². The van der Waals surface area contributed by atoms with Gasteiger partial charge in [-0.25, -0.2) is 0 Å². The summed E-state index contributed by atoms with van der Waals surface area (Å²) in [5.74, 6) is 12.3. The van der Waals surface area contributed by atoms with E-state index in [4.69, 9.17) is 0 Å². The summed E-state index contributed by atoms with van der Waals surface area (Å²) >= 11 is 0.305. The van der Waals surface area contributed by atoms with E-state index in [-0.39, 0.29) is 0 Å². The molecule has 1 heteroatoms. The Hall–Kier alpha value is -2.96. The molecule has 0 fully saturated rings. The van der Waals surface area contributed by atoms with Crippen molar-refractivity contribution in [1.82, 2.24) is 0 Å². The maximum absolute atomic E-state index is 3.17. The van der Waals surface area contributed by atoms with E-state index in [1.165, 1.54) is 40.8 Å². The summed E-state index contributed by atoms with van der Waals surface area (Å²) in [6.07, 6.45) is 0. The molecule has 4 aromatic carbocycles. The van der Waals surface area contributed by atoms with E-state index in [0.29, 0.717) is 14.5 Å². The van der Waals surface area contributed by atoms with Crippen LogP contribution in [0.1, 0.15) is 25.0 Å². The number of hydrogen-bond acceptors (Lipinski definition) is 0. The summed E-state index contributed by atoms with van der Waals surface area (Å²) in [5, 5.41) is 8.10. The second kappa shape index (κ2) is 6.33. The monoisotopic (exact) mass is 408 g/mol. The van der Waals surface area contributed by atoms with Gasteiger partial charge in [0.15, 0.2) is 0 Å². The average Bonchev–Trinajstić information content (AvgIpc) is 3.07. The quantitative estimate of drug-likeness (QED) is 0.215. The van der Waals surface area contributed by atoms with Crippen LogP contribution in [0, 0.1) is 23.7 Å². The van der Waals surface area contributed by atoms with Crippen LogP contribution < -0.4 is 0 Å². The molecule has 0 aliphatic heterocycles. The maximum atomic E-state index is 3.17. The van der Waals surface area contributed by atoms with Crippen molar-refractivity contribution in [3.63, 3.8) is 0 Å². The van der Waals surface area contributed by atoms with Crippen molar-refractivity contribution >= 4 is 55.3 Å². The second-order valence-corrected chi connectivity index (χ2v) is 8.75. The molecule has 0 nitrogen and oxygen atoms in total. The molecule has 1 aromatic heterocycles. The van der Waals surface area contributed by atoms with Crippen LogP contribution in [0.25, 0.3) is 40.8 Å². The number of benzene rings is 4. The fraction of sp³-hybridized carbons (Fsp3) is 0.0769. The van der Waals surface area contributed by atoms with E-state index < -0.39 is 0 Å². The van der Waals surface area contributed by atoms with Gasteiger partial charge in [-0.2, -0.15) is 0 Å². The van der Waals surface area contributed by atoms with Crippen molar-refractivity contribution in [2.45, 2.75) is 13.8 Å². The minimum atomic E-state index is 0.305. The van der Waals surface area contributed by atoms with E-state index in [1.807, 2.05) is 13.8 Å². The summed E-state index contributed by atoms with van der Waals surface area (Å²) in [7, 11) is 0. The third kappa shape index (κ3) is 2.57. The molecule has 27 heavy (non-hydrogen) atoms. The predicted octanol–water partition coefficient (Wildman–Crippen LogP) is 6.10. The van der Waals surface area contributed by atoms with Crippen LogP contribution in [-0.2, 0) is 0 Å². The molecular formula is C26H16Se. The van der Waals surface area contributed by atoms with Crippen molar-refractivity contribution in [2.24, 2.45) is 0 Å². The zero-order valence-electron chi connectivity index (χ0n) is 15.2. The van der Waals surface area contributed by atoms with Gasteiger partial charge in [0.1, 0.15) is 0 Å². The molecule has 0 radical (unpaired) electrons. The third-order valence-electron chi connectivity index (χ3n) is 4.97. The molecule has 0 aliphatic carbocycles. The van der Waals surface area contributed by atoms with E-state index >= 15 is 0 Å². The van der Waals surface area contributed by atoms with E-state index in [0.717, 1.165) is 11.1 Å². The molecule has 0 bridgehead atoms. The Kier molecular flexibility index (Phi) is 3.81. The van der Waals surface area contributed by atoms with Crippen LogP contribution in [0.2, 0.25) is 0 Å². The topological polar surface area (TPSA) is 0 Å². The molecule has 0 unspecified atom stereocenters. The fourth-order valence-corrected chi connectivity index (χ4v) is 6.67. The van der Waals surface area contributed by atoms with Crippen LogP contribution in [0.15, 0.2) is 60.7 Å². The van der Waals surface area contributed by atoms with Gasteiger partial charge < -0.3 is 0 Å². The Labute approximate surface area is 164 Å². The fourth-order valence-electron chi connectivity index (χ4n) is 3.79. The zero-order chi connectivity index (χ0) is 18.4. The van der Waals surface area contributed by atoms with Crippen molar-refractivity contribution < 1.29 is 0 Å². The Morgan fingerprint density at radius 2 is 1.00 bits per heavy atom. The van der Waals surface area contributed by atoms with Gasteiger partial charge in [-0.3, -0.25) is 0 Å². The molecule has 0 atom stereocenters. The van der Waals surface area contributed by atoms with Crippen LogP contribution in [0.3, 0.4) is 0 Å². The van der Waals surface area contributed by atoms with Crippen molar-refractivity contribution in [1.29, 1.82) is 0 Å². The molecule has 0 saturated heterocycles. The standard InChI is InChI=1S/C26H16Se/c1-3-5-17-7-11-21-19(15-17)9-13-23-24-14-10-20-16-18(6-4-2)8-12-22(20)26(24)27-25(21)23/h7-16H,1-2H3. The molecule has 0 saturated carbocycles. The minimum absolute atomic E-state index is 0.305. The summed E-state index contributed by atoms with van der Waals surface area (Å²) in [6.45, 7) is 3.77. The molecule has 0 spiro atoms. The molecule has 126 valence electrons. The van der Waals surface area contributed by atoms with Crippen LogP contribution in [-0.4, -0.2) is 14.5 Å². The first kappa shape index (κ1) is 16.2. The van der Waals surface area contributed by atoms with Gasteiger partial charge in [0.05, 0.1) is 0 Å². The first-order valence-electron chi connectivity index (χ1n) is 8.96. The molecule has 0 amide bonds. The van der Waals surface area contributed by atoms with Crippen LogP contribution in [0.5, 0.6) is 0 Å². The molecule has 0 aliphatic rings. The molecular weight excluding hydrogens is 391 g/mol. The third-order valence-corrected chi connectivity index (χ3v) is 7.68. The molecule has 1 heterocycles. The second-order valence-electron chi connectivity index (χ2n) is 6.61. The van der Waals surface area contributed by atoms with Gasteiger partial charge in [-0.15, -0.1) is 0 Å². The van der Waals surface area contributed by atoms with Crippen LogP contribution in [0.4, 0.5) is 0 Å². The summed E-state index contributed by atoms with van der Waals surface area (Å²) in [6, 6.07) is 22.3. The van der Waals surface area contributed by atoms with Gasteiger partial charge in [-0.05, 0) is 0 Å². The molecule has 5 rings (SSSR count). The summed E-state index contributed by atoms with van der Waals surface area (Å²) in [5.41, 5.74) is 2.17. The average molecular weight is 407 g/mol. The number of hydrogen-bond donors (Lipinski definition) is 0.